The lowest BCUT2D eigenvalue weighted by Crippen LogP contribution is -2.17. The number of hydrogen-bond acceptors (Lipinski definition) is 2. The number of pyridine rings is 1. The normalized spacial score (nSPS) is 12.1. The number of hydrogen-bond donors (Lipinski definition) is 1. The molecule has 0 aliphatic heterocycles. The van der Waals surface area contributed by atoms with Crippen LogP contribution in [-0.2, 0) is 11.6 Å². The third kappa shape index (κ3) is 4.31. The average molecular weight is 322 g/mol. The van der Waals surface area contributed by atoms with Crippen LogP contribution in [0.4, 0.5) is 18.9 Å². The Morgan fingerprint density at radius 3 is 2.39 bits per heavy atom. The van der Waals surface area contributed by atoms with Gasteiger partial charge in [-0.1, -0.05) is 26.8 Å². The maximum absolute atomic E-state index is 12.7. The lowest BCUT2D eigenvalue weighted by Gasteiger charge is -2.18. The molecule has 0 saturated carbocycles. The van der Waals surface area contributed by atoms with Crippen LogP contribution in [0.5, 0.6) is 0 Å². The first kappa shape index (κ1) is 17.0. The van der Waals surface area contributed by atoms with Gasteiger partial charge in [-0.25, -0.2) is 0 Å². The van der Waals surface area contributed by atoms with Gasteiger partial charge in [0.05, 0.1) is 5.56 Å². The molecule has 0 unspecified atom stereocenters. The number of amides is 1. The van der Waals surface area contributed by atoms with Crippen LogP contribution in [0.3, 0.4) is 0 Å². The van der Waals surface area contributed by atoms with Crippen LogP contribution in [0, 0.1) is 0 Å². The van der Waals surface area contributed by atoms with E-state index in [0.717, 1.165) is 17.8 Å². The number of nitrogens with zero attached hydrogens (tertiary/aromatic N) is 1. The molecule has 2 rings (SSSR count). The Kier molecular flexibility index (Phi) is 4.45. The minimum Gasteiger partial charge on any atom is -0.322 e. The van der Waals surface area contributed by atoms with Gasteiger partial charge in [0.1, 0.15) is 0 Å². The molecule has 2 aromatic rings. The quantitative estimate of drug-likeness (QED) is 0.874. The summed E-state index contributed by atoms with van der Waals surface area (Å²) >= 11 is 0. The summed E-state index contributed by atoms with van der Waals surface area (Å²) in [6.07, 6.45) is -2.93. The number of carbonyl (C=O) groups excluding carboxylic acids is 1. The smallest absolute Gasteiger partial charge is 0.322 e. The zero-order valence-corrected chi connectivity index (χ0v) is 13.0. The summed E-state index contributed by atoms with van der Waals surface area (Å²) in [6, 6.07) is 7.70. The lowest BCUT2D eigenvalue weighted by atomic mass is 9.91. The molecule has 0 aliphatic carbocycles. The second kappa shape index (κ2) is 6.02. The minimum absolute atomic E-state index is 0.0962. The summed E-state index contributed by atoms with van der Waals surface area (Å²) in [5.74, 6) is -0.475. The van der Waals surface area contributed by atoms with Gasteiger partial charge in [0.2, 0.25) is 0 Å². The molecule has 122 valence electrons. The molecular formula is C17H17F3N2O. The van der Waals surface area contributed by atoms with Crippen LogP contribution in [0.25, 0.3) is 0 Å². The van der Waals surface area contributed by atoms with Gasteiger partial charge in [0.15, 0.2) is 0 Å². The number of nitrogens with one attached hydrogen (secondary N) is 1. The summed E-state index contributed by atoms with van der Waals surface area (Å²) in [4.78, 5) is 16.5. The molecule has 0 bridgehead atoms. The number of anilines is 1. The molecule has 0 saturated heterocycles. The first-order valence-corrected chi connectivity index (χ1v) is 7.02. The van der Waals surface area contributed by atoms with Crippen molar-refractivity contribution in [3.05, 3.63) is 59.4 Å². The second-order valence-electron chi connectivity index (χ2n) is 6.21. The number of carbonyl (C=O) groups is 1. The standard InChI is InChI=1S/C17H17F3N2O/c1-16(2,3)14-9-11(7-8-21-14)15(23)22-13-6-4-5-12(10-13)17(18,19)20/h4-10H,1-3H3,(H,22,23). The molecule has 23 heavy (non-hydrogen) atoms. The molecule has 1 aromatic heterocycles. The number of alkyl halides is 3. The fourth-order valence-electron chi connectivity index (χ4n) is 1.96. The zero-order valence-electron chi connectivity index (χ0n) is 13.0. The summed E-state index contributed by atoms with van der Waals surface area (Å²) in [7, 11) is 0. The minimum atomic E-state index is -4.45. The zero-order chi connectivity index (χ0) is 17.3. The van der Waals surface area contributed by atoms with Crippen LogP contribution in [-0.4, -0.2) is 10.9 Å². The van der Waals surface area contributed by atoms with Crippen LogP contribution >= 0.6 is 0 Å². The number of benzene rings is 1. The third-order valence-corrected chi connectivity index (χ3v) is 3.24. The van der Waals surface area contributed by atoms with E-state index in [4.69, 9.17) is 0 Å². The molecule has 0 radical (unpaired) electrons. The maximum Gasteiger partial charge on any atom is 0.416 e. The van der Waals surface area contributed by atoms with Crippen LogP contribution < -0.4 is 5.32 Å². The van der Waals surface area contributed by atoms with Crippen molar-refractivity contribution in [2.75, 3.05) is 5.32 Å². The highest BCUT2D eigenvalue weighted by atomic mass is 19.4. The van der Waals surface area contributed by atoms with E-state index in [0.29, 0.717) is 5.56 Å². The SMILES string of the molecule is CC(C)(C)c1cc(C(=O)Nc2cccc(C(F)(F)F)c2)ccn1. The molecule has 0 spiro atoms. The molecule has 1 aromatic carbocycles. The second-order valence-corrected chi connectivity index (χ2v) is 6.21. The fourth-order valence-corrected chi connectivity index (χ4v) is 1.96. The molecule has 1 amide bonds. The van der Waals surface area contributed by atoms with E-state index in [9.17, 15) is 18.0 Å². The highest BCUT2D eigenvalue weighted by Crippen LogP contribution is 2.30. The van der Waals surface area contributed by atoms with Gasteiger partial charge < -0.3 is 5.32 Å². The van der Waals surface area contributed by atoms with Crippen molar-refractivity contribution in [1.82, 2.24) is 4.98 Å². The number of aromatic nitrogens is 1. The van der Waals surface area contributed by atoms with Gasteiger partial charge >= 0.3 is 6.18 Å². The van der Waals surface area contributed by atoms with E-state index < -0.39 is 17.6 Å². The van der Waals surface area contributed by atoms with E-state index in [1.54, 1.807) is 6.07 Å². The van der Waals surface area contributed by atoms with Crippen LogP contribution in [0.1, 0.15) is 42.4 Å². The van der Waals surface area contributed by atoms with Gasteiger partial charge in [-0.05, 0) is 30.3 Å². The molecule has 0 fully saturated rings. The first-order valence-electron chi connectivity index (χ1n) is 7.02. The summed E-state index contributed by atoms with van der Waals surface area (Å²) in [6.45, 7) is 5.89. The van der Waals surface area contributed by atoms with Crippen molar-refractivity contribution >= 4 is 11.6 Å². The highest BCUT2D eigenvalue weighted by Gasteiger charge is 2.30. The average Bonchev–Trinajstić information content (AvgIpc) is 2.46. The fraction of sp³-hybridized carbons (Fsp3) is 0.294. The summed E-state index contributed by atoms with van der Waals surface area (Å²) in [5.41, 5.74) is 0.142. The van der Waals surface area contributed by atoms with Crippen molar-refractivity contribution in [2.45, 2.75) is 32.4 Å². The molecular weight excluding hydrogens is 305 g/mol. The molecule has 6 heteroatoms. The number of halogens is 3. The van der Waals surface area contributed by atoms with E-state index in [-0.39, 0.29) is 11.1 Å². The largest absolute Gasteiger partial charge is 0.416 e. The van der Waals surface area contributed by atoms with Gasteiger partial charge in [0, 0.05) is 28.6 Å². The molecule has 0 aliphatic rings. The lowest BCUT2D eigenvalue weighted by molar-refractivity contribution is -0.137. The maximum atomic E-state index is 12.7. The Morgan fingerprint density at radius 1 is 1.09 bits per heavy atom. The Morgan fingerprint density at radius 2 is 1.78 bits per heavy atom. The van der Waals surface area contributed by atoms with Gasteiger partial charge in [-0.2, -0.15) is 13.2 Å². The Labute approximate surface area is 132 Å². The van der Waals surface area contributed by atoms with Gasteiger partial charge in [-0.15, -0.1) is 0 Å². The Balaban J connectivity index is 2.23. The Hall–Kier alpha value is -2.37. The van der Waals surface area contributed by atoms with Crippen molar-refractivity contribution in [3.8, 4) is 0 Å². The van der Waals surface area contributed by atoms with Crippen molar-refractivity contribution in [3.63, 3.8) is 0 Å². The van der Waals surface area contributed by atoms with Crippen LogP contribution in [0.2, 0.25) is 0 Å². The molecule has 1 N–H and O–H groups in total. The molecule has 1 heterocycles. The first-order chi connectivity index (χ1) is 10.6. The van der Waals surface area contributed by atoms with Crippen molar-refractivity contribution in [2.24, 2.45) is 0 Å². The summed E-state index contributed by atoms with van der Waals surface area (Å²) < 4.78 is 38.1. The van der Waals surface area contributed by atoms with E-state index in [1.165, 1.54) is 24.4 Å². The van der Waals surface area contributed by atoms with Gasteiger partial charge in [0.25, 0.3) is 5.91 Å². The summed E-state index contributed by atoms with van der Waals surface area (Å²) in [5, 5.41) is 2.48. The third-order valence-electron chi connectivity index (χ3n) is 3.24. The van der Waals surface area contributed by atoms with Crippen LogP contribution in [0.15, 0.2) is 42.6 Å². The van der Waals surface area contributed by atoms with Gasteiger partial charge in [-0.3, -0.25) is 9.78 Å². The predicted octanol–water partition coefficient (Wildman–Crippen LogP) is 4.65. The molecule has 0 atom stereocenters. The van der Waals surface area contributed by atoms with E-state index >= 15 is 0 Å². The van der Waals surface area contributed by atoms with E-state index in [2.05, 4.69) is 10.3 Å². The Bertz CT molecular complexity index is 718. The predicted molar refractivity (Wildman–Crippen MR) is 82.3 cm³/mol. The van der Waals surface area contributed by atoms with Crippen molar-refractivity contribution in [1.29, 1.82) is 0 Å². The van der Waals surface area contributed by atoms with E-state index in [1.807, 2.05) is 20.8 Å². The highest BCUT2D eigenvalue weighted by molar-refractivity contribution is 6.04. The topological polar surface area (TPSA) is 42.0 Å². The van der Waals surface area contributed by atoms with Crippen molar-refractivity contribution < 1.29 is 18.0 Å². The number of rotatable bonds is 2. The molecule has 3 nitrogen and oxygen atoms in total. The monoisotopic (exact) mass is 322 g/mol.